The van der Waals surface area contributed by atoms with Crippen molar-refractivity contribution in [2.24, 2.45) is 5.92 Å². The highest BCUT2D eigenvalue weighted by molar-refractivity contribution is 6.18. The lowest BCUT2D eigenvalue weighted by atomic mass is 10.0. The lowest BCUT2D eigenvalue weighted by molar-refractivity contribution is 0.0588. The number of carboxylic acid groups (broad SMARTS) is 1. The highest BCUT2D eigenvalue weighted by Gasteiger charge is 2.41. The minimum atomic E-state index is -1.30. The minimum Gasteiger partial charge on any atom is -0.477 e. The molecule has 2 aliphatic rings. The molecule has 5 aromatic rings. The van der Waals surface area contributed by atoms with E-state index in [1.165, 1.54) is 27.5 Å². The number of carbonyl (C=O) groups is 2. The van der Waals surface area contributed by atoms with Crippen LogP contribution in [-0.4, -0.2) is 81.8 Å². The third-order valence-corrected chi connectivity index (χ3v) is 9.21. The number of carbonyl (C=O) groups excluding carboxylic acids is 1. The quantitative estimate of drug-likeness (QED) is 0.274. The van der Waals surface area contributed by atoms with Crippen molar-refractivity contribution in [2.45, 2.75) is 38.8 Å². The Labute approximate surface area is 263 Å². The van der Waals surface area contributed by atoms with Crippen LogP contribution in [0.15, 0.2) is 53.6 Å². The van der Waals surface area contributed by atoms with Gasteiger partial charge in [0.15, 0.2) is 0 Å². The first-order valence-corrected chi connectivity index (χ1v) is 15.3. The Kier molecular flexibility index (Phi) is 6.82. The monoisotopic (exact) mass is 626 g/mol. The Hall–Kier alpha value is -4.97. The summed E-state index contributed by atoms with van der Waals surface area (Å²) in [6.07, 6.45) is 3.81. The van der Waals surface area contributed by atoms with Crippen LogP contribution in [0.4, 0.5) is 20.6 Å². The molecule has 4 aromatic heterocycles. The predicted octanol–water partition coefficient (Wildman–Crippen LogP) is 5.34. The zero-order valence-corrected chi connectivity index (χ0v) is 26.3. The Morgan fingerprint density at radius 2 is 1.91 bits per heavy atom. The summed E-state index contributed by atoms with van der Waals surface area (Å²) in [5.41, 5.74) is 2.43. The summed E-state index contributed by atoms with van der Waals surface area (Å²) < 4.78 is 22.4. The van der Waals surface area contributed by atoms with Crippen LogP contribution in [0.25, 0.3) is 38.6 Å². The number of hydrogen-bond donors (Lipinski definition) is 2. The number of likely N-dealkylation sites (N-methyl/N-ethyl adjacent to an activating group) is 1. The summed E-state index contributed by atoms with van der Waals surface area (Å²) in [5, 5.41) is 10.8. The van der Waals surface area contributed by atoms with Crippen LogP contribution in [0.5, 0.6) is 0 Å². The molecule has 0 spiro atoms. The van der Waals surface area contributed by atoms with Crippen LogP contribution in [0, 0.1) is 11.7 Å². The van der Waals surface area contributed by atoms with Gasteiger partial charge in [0, 0.05) is 60.6 Å². The number of nitrogens with one attached hydrogen (secondary N) is 1. The topological polar surface area (TPSA) is 123 Å². The van der Waals surface area contributed by atoms with Crippen molar-refractivity contribution in [3.05, 3.63) is 70.5 Å². The fraction of sp³-hybridized carbons (Fsp3) is 0.353. The van der Waals surface area contributed by atoms with Gasteiger partial charge in [-0.05, 0) is 77.0 Å². The first kappa shape index (κ1) is 29.7. The van der Waals surface area contributed by atoms with Crippen LogP contribution < -0.4 is 15.4 Å². The Morgan fingerprint density at radius 3 is 2.63 bits per heavy atom. The van der Waals surface area contributed by atoms with Crippen molar-refractivity contribution >= 4 is 50.9 Å². The van der Waals surface area contributed by atoms with E-state index in [4.69, 9.17) is 9.72 Å². The van der Waals surface area contributed by atoms with E-state index in [1.54, 1.807) is 52.3 Å². The molecule has 12 heteroatoms. The van der Waals surface area contributed by atoms with E-state index in [9.17, 15) is 19.5 Å². The van der Waals surface area contributed by atoms with Gasteiger partial charge < -0.3 is 24.6 Å². The summed E-state index contributed by atoms with van der Waals surface area (Å²) in [7, 11) is 3.68. The maximum absolute atomic E-state index is 15.4. The number of ether oxygens (including phenoxy) is 1. The second-order valence-electron chi connectivity index (χ2n) is 13.3. The fourth-order valence-corrected chi connectivity index (χ4v) is 6.99. The van der Waals surface area contributed by atoms with E-state index in [0.29, 0.717) is 50.7 Å². The molecule has 46 heavy (non-hydrogen) atoms. The molecule has 2 atom stereocenters. The first-order chi connectivity index (χ1) is 21.8. The van der Waals surface area contributed by atoms with Crippen LogP contribution in [-0.2, 0) is 4.74 Å². The summed E-state index contributed by atoms with van der Waals surface area (Å²) in [6, 6.07) is 9.65. The lowest BCUT2D eigenvalue weighted by Crippen LogP contribution is -2.34. The Morgan fingerprint density at radius 1 is 1.15 bits per heavy atom. The lowest BCUT2D eigenvalue weighted by Gasteiger charge is -2.26. The molecule has 1 aromatic carbocycles. The third kappa shape index (κ3) is 4.84. The number of amides is 1. The van der Waals surface area contributed by atoms with E-state index >= 15 is 4.39 Å². The van der Waals surface area contributed by atoms with Gasteiger partial charge in [0.2, 0.25) is 0 Å². The van der Waals surface area contributed by atoms with Gasteiger partial charge in [-0.2, -0.15) is 0 Å². The summed E-state index contributed by atoms with van der Waals surface area (Å²) in [5.74, 6) is -1.37. The molecule has 1 amide bonds. The third-order valence-electron chi connectivity index (χ3n) is 9.21. The molecule has 2 aliphatic heterocycles. The standard InChI is InChI=1S/C34H35FN6O5/c1-34(2,3)46-33(45)39(5)25-13-20(35)12-23-27-29(40-15-19-10-11-38(4)26(19)17-40)24(14-36-30(27)37-28(23)25)18-6-7-21-8-9-22(32(43)44)31(42)41(21)16-18/h6-9,12-14,16,19,26H,10-11,15,17H2,1-5H3,(H,36,37)(H,43,44)/t19-,26+/m1/s1. The highest BCUT2D eigenvalue weighted by atomic mass is 19.1. The number of anilines is 2. The van der Waals surface area contributed by atoms with Gasteiger partial charge in [-0.15, -0.1) is 0 Å². The molecule has 0 unspecified atom stereocenters. The van der Waals surface area contributed by atoms with E-state index in [-0.39, 0.29) is 5.56 Å². The highest BCUT2D eigenvalue weighted by Crippen LogP contribution is 2.45. The maximum atomic E-state index is 15.4. The minimum absolute atomic E-state index is 0.311. The van der Waals surface area contributed by atoms with Gasteiger partial charge in [0.1, 0.15) is 22.6 Å². The van der Waals surface area contributed by atoms with Crippen molar-refractivity contribution < 1.29 is 23.8 Å². The molecule has 2 N–H and O–H groups in total. The van der Waals surface area contributed by atoms with Crippen molar-refractivity contribution in [2.75, 3.05) is 43.5 Å². The molecular weight excluding hydrogens is 591 g/mol. The number of rotatable bonds is 4. The zero-order valence-electron chi connectivity index (χ0n) is 26.3. The number of halogens is 1. The van der Waals surface area contributed by atoms with Crippen LogP contribution in [0.3, 0.4) is 0 Å². The zero-order chi connectivity index (χ0) is 32.7. The number of H-pyrrole nitrogens is 1. The van der Waals surface area contributed by atoms with E-state index < -0.39 is 29.0 Å². The SMILES string of the molecule is CN(C(=O)OC(C)(C)C)c1cc(F)cc2c1[nH]c1ncc(-c3ccc4ccc(C(=O)O)c(=O)n4c3)c(N3C[C@H]4CCN(C)[C@H]4C3)c12. The van der Waals surface area contributed by atoms with Gasteiger partial charge in [-0.3, -0.25) is 14.1 Å². The number of aromatic nitrogens is 3. The van der Waals surface area contributed by atoms with E-state index in [1.807, 2.05) is 6.07 Å². The molecule has 0 saturated carbocycles. The van der Waals surface area contributed by atoms with Gasteiger partial charge >= 0.3 is 12.1 Å². The Bertz CT molecular complexity index is 2130. The molecule has 0 bridgehead atoms. The number of likely N-dealkylation sites (tertiary alicyclic amines) is 1. The number of aromatic amines is 1. The number of fused-ring (bicyclic) bond motifs is 5. The fourth-order valence-electron chi connectivity index (χ4n) is 6.99. The molecule has 2 saturated heterocycles. The molecule has 7 rings (SSSR count). The van der Waals surface area contributed by atoms with Crippen LogP contribution >= 0.6 is 0 Å². The van der Waals surface area contributed by atoms with Crippen LogP contribution in [0.1, 0.15) is 37.6 Å². The van der Waals surface area contributed by atoms with Crippen molar-refractivity contribution in [1.29, 1.82) is 0 Å². The normalized spacial score (nSPS) is 18.5. The summed E-state index contributed by atoms with van der Waals surface area (Å²) >= 11 is 0. The molecule has 0 radical (unpaired) electrons. The first-order valence-electron chi connectivity index (χ1n) is 15.3. The number of carboxylic acids is 1. The average Bonchev–Trinajstić information content (AvgIpc) is 3.69. The van der Waals surface area contributed by atoms with Gasteiger partial charge in [-0.25, -0.2) is 19.0 Å². The summed E-state index contributed by atoms with van der Waals surface area (Å²) in [6.45, 7) is 7.87. The molecular formula is C34H35FN6O5. The second-order valence-corrected chi connectivity index (χ2v) is 13.3. The van der Waals surface area contributed by atoms with Gasteiger partial charge in [0.25, 0.3) is 5.56 Å². The Balaban J connectivity index is 1.47. The van der Waals surface area contributed by atoms with E-state index in [2.05, 4.69) is 21.8 Å². The number of aromatic carboxylic acids is 1. The smallest absolute Gasteiger partial charge is 0.414 e. The van der Waals surface area contributed by atoms with Crippen LogP contribution in [0.2, 0.25) is 0 Å². The molecule has 2 fully saturated rings. The molecule has 6 heterocycles. The number of nitrogens with zero attached hydrogens (tertiary/aromatic N) is 5. The largest absolute Gasteiger partial charge is 0.477 e. The van der Waals surface area contributed by atoms with Gasteiger partial charge in [0.05, 0.1) is 22.3 Å². The number of benzene rings is 1. The second kappa shape index (κ2) is 10.5. The van der Waals surface area contributed by atoms with Gasteiger partial charge in [-0.1, -0.05) is 6.07 Å². The van der Waals surface area contributed by atoms with Crippen molar-refractivity contribution in [1.82, 2.24) is 19.3 Å². The molecule has 238 valence electrons. The summed E-state index contributed by atoms with van der Waals surface area (Å²) in [4.78, 5) is 52.0. The predicted molar refractivity (Wildman–Crippen MR) is 175 cm³/mol. The van der Waals surface area contributed by atoms with Crippen molar-refractivity contribution in [3.63, 3.8) is 0 Å². The number of pyridine rings is 3. The number of hydrogen-bond acceptors (Lipinski definition) is 7. The van der Waals surface area contributed by atoms with Crippen molar-refractivity contribution in [3.8, 4) is 11.1 Å². The average molecular weight is 627 g/mol. The maximum Gasteiger partial charge on any atom is 0.414 e. The van der Waals surface area contributed by atoms with E-state index in [0.717, 1.165) is 37.3 Å². The molecule has 0 aliphatic carbocycles. The molecule has 11 nitrogen and oxygen atoms in total.